The van der Waals surface area contributed by atoms with Crippen molar-refractivity contribution >= 4 is 23.1 Å². The van der Waals surface area contributed by atoms with Gasteiger partial charge in [-0.2, -0.15) is 0 Å². The molecule has 3 heterocycles. The third kappa shape index (κ3) is 4.66. The summed E-state index contributed by atoms with van der Waals surface area (Å²) in [7, 11) is 1.73. The molecule has 1 atom stereocenters. The summed E-state index contributed by atoms with van der Waals surface area (Å²) in [4.78, 5) is 14.6. The van der Waals surface area contributed by atoms with Crippen molar-refractivity contribution in [2.24, 2.45) is 10.4 Å². The van der Waals surface area contributed by atoms with Crippen LogP contribution in [0.15, 0.2) is 35.5 Å². The van der Waals surface area contributed by atoms with E-state index in [2.05, 4.69) is 28.6 Å². The molecule has 0 saturated carbocycles. The molecule has 1 aromatic heterocycles. The van der Waals surface area contributed by atoms with Crippen molar-refractivity contribution in [2.45, 2.75) is 45.1 Å². The monoisotopic (exact) mass is 427 g/mol. The largest absolute Gasteiger partial charge is 0.385 e. The lowest BCUT2D eigenvalue weighted by atomic mass is 9.72. The zero-order valence-corrected chi connectivity index (χ0v) is 18.5. The van der Waals surface area contributed by atoms with Crippen LogP contribution in [-0.4, -0.2) is 42.6 Å². The van der Waals surface area contributed by atoms with Crippen LogP contribution in [-0.2, 0) is 17.7 Å². The summed E-state index contributed by atoms with van der Waals surface area (Å²) in [5.74, 6) is 2.23. The molecular formula is C23H30ClN5O. The van der Waals surface area contributed by atoms with E-state index in [1.54, 1.807) is 7.11 Å². The Morgan fingerprint density at radius 2 is 2.13 bits per heavy atom. The van der Waals surface area contributed by atoms with E-state index in [0.29, 0.717) is 6.54 Å². The van der Waals surface area contributed by atoms with Crippen molar-refractivity contribution < 1.29 is 4.74 Å². The molecule has 1 fully saturated rings. The predicted octanol–water partition coefficient (Wildman–Crippen LogP) is 4.21. The highest BCUT2D eigenvalue weighted by atomic mass is 35.5. The first-order valence-corrected chi connectivity index (χ1v) is 11.1. The minimum atomic E-state index is -0.00177. The topological polar surface area (TPSA) is 71.4 Å². The molecule has 2 aromatic rings. The first kappa shape index (κ1) is 21.2. The van der Waals surface area contributed by atoms with E-state index in [1.807, 2.05) is 24.4 Å². The second-order valence-corrected chi connectivity index (χ2v) is 8.83. The third-order valence-electron chi connectivity index (χ3n) is 6.21. The van der Waals surface area contributed by atoms with E-state index in [1.165, 1.54) is 0 Å². The maximum atomic E-state index is 6.15. The van der Waals surface area contributed by atoms with E-state index in [4.69, 9.17) is 26.3 Å². The maximum Gasteiger partial charge on any atom is 0.131 e. The number of hydrogen-bond donors (Lipinski definition) is 2. The fourth-order valence-electron chi connectivity index (χ4n) is 4.33. The number of benzene rings is 1. The predicted molar refractivity (Wildman–Crippen MR) is 121 cm³/mol. The second kappa shape index (κ2) is 9.41. The number of methoxy groups -OCH3 is 1. The molecule has 30 heavy (non-hydrogen) atoms. The summed E-state index contributed by atoms with van der Waals surface area (Å²) in [5, 5.41) is 7.82. The van der Waals surface area contributed by atoms with E-state index < -0.39 is 0 Å². The zero-order valence-electron chi connectivity index (χ0n) is 17.7. The van der Waals surface area contributed by atoms with E-state index >= 15 is 0 Å². The molecule has 7 heteroatoms. The molecule has 6 nitrogen and oxygen atoms in total. The Morgan fingerprint density at radius 3 is 2.90 bits per heavy atom. The number of fused-ring (bicyclic) bond motifs is 1. The lowest BCUT2D eigenvalue weighted by Crippen LogP contribution is -2.49. The number of anilines is 1. The SMILES string of the molecule is COCCC(C)c1ncc2c(n1)CC1(CCNCC1)C(=NCc1cccc(Cl)c1)N2. The summed E-state index contributed by atoms with van der Waals surface area (Å²) in [6, 6.07) is 7.92. The second-order valence-electron chi connectivity index (χ2n) is 8.40. The molecule has 1 spiro atoms. The van der Waals surface area contributed by atoms with Crippen LogP contribution in [0.2, 0.25) is 5.02 Å². The molecule has 0 radical (unpaired) electrons. The normalized spacial score (nSPS) is 20.0. The van der Waals surface area contributed by atoms with Crippen LogP contribution in [0, 0.1) is 5.41 Å². The Kier molecular flexibility index (Phi) is 6.66. The third-order valence-corrected chi connectivity index (χ3v) is 6.45. The molecule has 1 saturated heterocycles. The lowest BCUT2D eigenvalue weighted by Gasteiger charge is -2.42. The number of aromatic nitrogens is 2. The van der Waals surface area contributed by atoms with Gasteiger partial charge in [-0.1, -0.05) is 30.7 Å². The molecule has 0 bridgehead atoms. The highest BCUT2D eigenvalue weighted by Crippen LogP contribution is 2.40. The molecular weight excluding hydrogens is 398 g/mol. The molecule has 2 aliphatic heterocycles. The Balaban J connectivity index is 1.61. The van der Waals surface area contributed by atoms with Crippen molar-refractivity contribution in [3.05, 3.63) is 52.6 Å². The van der Waals surface area contributed by atoms with Crippen LogP contribution >= 0.6 is 11.6 Å². The minimum absolute atomic E-state index is 0.00177. The number of ether oxygens (including phenoxy) is 1. The molecule has 2 aliphatic rings. The Hall–Kier alpha value is -2.02. The molecule has 0 aliphatic carbocycles. The molecule has 160 valence electrons. The van der Waals surface area contributed by atoms with Crippen LogP contribution in [0.1, 0.15) is 49.2 Å². The van der Waals surface area contributed by atoms with Gasteiger partial charge in [0.15, 0.2) is 0 Å². The van der Waals surface area contributed by atoms with Gasteiger partial charge in [-0.3, -0.25) is 4.99 Å². The van der Waals surface area contributed by atoms with Crippen molar-refractivity contribution in [1.82, 2.24) is 15.3 Å². The van der Waals surface area contributed by atoms with Crippen LogP contribution in [0.5, 0.6) is 0 Å². The van der Waals surface area contributed by atoms with Gasteiger partial charge in [0.05, 0.1) is 24.1 Å². The van der Waals surface area contributed by atoms with Gasteiger partial charge in [0.25, 0.3) is 0 Å². The summed E-state index contributed by atoms with van der Waals surface area (Å²) >= 11 is 6.15. The number of piperidine rings is 1. The van der Waals surface area contributed by atoms with Gasteiger partial charge in [-0.05, 0) is 50.0 Å². The highest BCUT2D eigenvalue weighted by molar-refractivity contribution is 6.30. The lowest BCUT2D eigenvalue weighted by molar-refractivity contribution is 0.188. The first-order chi connectivity index (χ1) is 14.6. The zero-order chi connectivity index (χ0) is 21.0. The first-order valence-electron chi connectivity index (χ1n) is 10.7. The molecule has 2 N–H and O–H groups in total. The maximum absolute atomic E-state index is 6.15. The number of hydrogen-bond acceptors (Lipinski definition) is 5. The molecule has 0 amide bonds. The Labute approximate surface area is 183 Å². The number of nitrogens with one attached hydrogen (secondary N) is 2. The Bertz CT molecular complexity index is 910. The minimum Gasteiger partial charge on any atom is -0.385 e. The summed E-state index contributed by atoms with van der Waals surface area (Å²) < 4.78 is 5.22. The van der Waals surface area contributed by atoms with Crippen LogP contribution in [0.25, 0.3) is 0 Å². The number of halogens is 1. The summed E-state index contributed by atoms with van der Waals surface area (Å²) in [6.07, 6.45) is 5.84. The fraction of sp³-hybridized carbons (Fsp3) is 0.522. The van der Waals surface area contributed by atoms with Crippen molar-refractivity contribution in [1.29, 1.82) is 0 Å². The Morgan fingerprint density at radius 1 is 1.30 bits per heavy atom. The number of amidine groups is 1. The van der Waals surface area contributed by atoms with Gasteiger partial charge >= 0.3 is 0 Å². The summed E-state index contributed by atoms with van der Waals surface area (Å²) in [5.41, 5.74) is 3.20. The van der Waals surface area contributed by atoms with Crippen molar-refractivity contribution in [3.8, 4) is 0 Å². The van der Waals surface area contributed by atoms with Crippen LogP contribution in [0.4, 0.5) is 5.69 Å². The highest BCUT2D eigenvalue weighted by Gasteiger charge is 2.42. The van der Waals surface area contributed by atoms with Crippen LogP contribution in [0.3, 0.4) is 0 Å². The quantitative estimate of drug-likeness (QED) is 0.722. The number of aliphatic imine (C=N–C) groups is 1. The molecule has 1 unspecified atom stereocenters. The van der Waals surface area contributed by atoms with Gasteiger partial charge in [-0.25, -0.2) is 9.97 Å². The van der Waals surface area contributed by atoms with Gasteiger partial charge in [-0.15, -0.1) is 0 Å². The van der Waals surface area contributed by atoms with Gasteiger partial charge in [0.2, 0.25) is 0 Å². The average molecular weight is 428 g/mol. The average Bonchev–Trinajstić information content (AvgIpc) is 2.76. The van der Waals surface area contributed by atoms with Gasteiger partial charge in [0.1, 0.15) is 11.7 Å². The van der Waals surface area contributed by atoms with Crippen molar-refractivity contribution in [3.63, 3.8) is 0 Å². The van der Waals surface area contributed by atoms with E-state index in [0.717, 1.165) is 79.0 Å². The van der Waals surface area contributed by atoms with Crippen LogP contribution < -0.4 is 10.6 Å². The number of nitrogens with zero attached hydrogens (tertiary/aromatic N) is 3. The molecule has 4 rings (SSSR count). The van der Waals surface area contributed by atoms with Gasteiger partial charge in [0, 0.05) is 36.5 Å². The van der Waals surface area contributed by atoms with E-state index in [9.17, 15) is 0 Å². The van der Waals surface area contributed by atoms with E-state index in [-0.39, 0.29) is 11.3 Å². The van der Waals surface area contributed by atoms with Gasteiger partial charge < -0.3 is 15.4 Å². The summed E-state index contributed by atoms with van der Waals surface area (Å²) in [6.45, 7) is 5.48. The fourth-order valence-corrected chi connectivity index (χ4v) is 4.54. The van der Waals surface area contributed by atoms with Crippen molar-refractivity contribution in [2.75, 3.05) is 32.1 Å². The smallest absolute Gasteiger partial charge is 0.131 e. The standard InChI is InChI=1S/C23H30ClN5O/c1-16(6-11-30-2)21-26-15-20-19(28-21)13-23(7-9-25-10-8-23)22(29-20)27-14-17-4-3-5-18(24)12-17/h3-5,12,15-16,25H,6-11,13-14H2,1-2H3,(H,27,29). The molecule has 1 aromatic carbocycles. The number of rotatable bonds is 6.